The molecule has 0 spiro atoms. The van der Waals surface area contributed by atoms with E-state index < -0.39 is 0 Å². The van der Waals surface area contributed by atoms with Crippen LogP contribution in [-0.4, -0.2) is 11.7 Å². The standard InChI is InChI=1S/C17H17NS/c19-14-18-13-12-17-10-8-16(9-11-17)7-6-15-4-2-1-3-5-15/h1-5,8-11H,6-7,12-13H2. The van der Waals surface area contributed by atoms with Crippen LogP contribution >= 0.6 is 12.2 Å². The van der Waals surface area contributed by atoms with Gasteiger partial charge in [-0.25, -0.2) is 4.99 Å². The molecule has 0 aliphatic heterocycles. The fourth-order valence-corrected chi connectivity index (χ4v) is 2.13. The highest BCUT2D eigenvalue weighted by Crippen LogP contribution is 2.09. The van der Waals surface area contributed by atoms with Gasteiger partial charge in [-0.3, -0.25) is 0 Å². The van der Waals surface area contributed by atoms with E-state index in [-0.39, 0.29) is 0 Å². The largest absolute Gasteiger partial charge is 0.232 e. The molecule has 0 N–H and O–H groups in total. The first-order valence-electron chi connectivity index (χ1n) is 6.54. The second-order valence-electron chi connectivity index (χ2n) is 4.53. The van der Waals surface area contributed by atoms with Gasteiger partial charge in [-0.2, -0.15) is 0 Å². The van der Waals surface area contributed by atoms with E-state index in [9.17, 15) is 0 Å². The highest BCUT2D eigenvalue weighted by Gasteiger charge is 1.97. The molecule has 0 radical (unpaired) electrons. The number of benzene rings is 2. The second-order valence-corrected chi connectivity index (χ2v) is 4.71. The average molecular weight is 267 g/mol. The van der Waals surface area contributed by atoms with Crippen LogP contribution < -0.4 is 0 Å². The van der Waals surface area contributed by atoms with E-state index in [2.05, 4.69) is 77.0 Å². The first-order valence-corrected chi connectivity index (χ1v) is 6.94. The Bertz CT molecular complexity index is 539. The highest BCUT2D eigenvalue weighted by atomic mass is 32.1. The minimum absolute atomic E-state index is 0.729. The number of nitrogens with zero attached hydrogens (tertiary/aromatic N) is 1. The van der Waals surface area contributed by atoms with Crippen LogP contribution in [0.2, 0.25) is 0 Å². The van der Waals surface area contributed by atoms with E-state index in [0.717, 1.165) is 25.8 Å². The molecule has 0 fully saturated rings. The van der Waals surface area contributed by atoms with E-state index in [1.807, 2.05) is 0 Å². The van der Waals surface area contributed by atoms with E-state index in [0.29, 0.717) is 0 Å². The zero-order chi connectivity index (χ0) is 13.3. The molecule has 2 heteroatoms. The van der Waals surface area contributed by atoms with Crippen LogP contribution in [0.1, 0.15) is 16.7 Å². The van der Waals surface area contributed by atoms with Crippen molar-refractivity contribution in [1.29, 1.82) is 0 Å². The predicted octanol–water partition coefficient (Wildman–Crippen LogP) is 4.12. The SMILES string of the molecule is S=C=NCCc1ccc(CCc2ccccc2)cc1. The third kappa shape index (κ3) is 4.78. The topological polar surface area (TPSA) is 12.4 Å². The molecule has 0 bridgehead atoms. The molecule has 2 rings (SSSR count). The summed E-state index contributed by atoms with van der Waals surface area (Å²) in [5.74, 6) is 0. The molecule has 19 heavy (non-hydrogen) atoms. The van der Waals surface area contributed by atoms with Crippen LogP contribution in [0, 0.1) is 0 Å². The first-order chi connectivity index (χ1) is 9.38. The Balaban J connectivity index is 1.86. The molecule has 1 nitrogen and oxygen atoms in total. The molecule has 0 aliphatic rings. The number of hydrogen-bond donors (Lipinski definition) is 0. The highest BCUT2D eigenvalue weighted by molar-refractivity contribution is 7.78. The third-order valence-electron chi connectivity index (χ3n) is 3.14. The monoisotopic (exact) mass is 267 g/mol. The van der Waals surface area contributed by atoms with Gasteiger partial charge in [-0.05, 0) is 48.2 Å². The van der Waals surface area contributed by atoms with Gasteiger partial charge in [0.25, 0.3) is 0 Å². The molecule has 0 aliphatic carbocycles. The summed E-state index contributed by atoms with van der Waals surface area (Å²) in [5, 5.41) is 2.40. The number of rotatable bonds is 6. The maximum atomic E-state index is 4.55. The van der Waals surface area contributed by atoms with Crippen LogP contribution in [0.5, 0.6) is 0 Å². The lowest BCUT2D eigenvalue weighted by atomic mass is 10.0. The van der Waals surface area contributed by atoms with Gasteiger partial charge in [-0.1, -0.05) is 54.6 Å². The van der Waals surface area contributed by atoms with Gasteiger partial charge in [0.2, 0.25) is 0 Å². The van der Waals surface area contributed by atoms with Crippen molar-refractivity contribution in [1.82, 2.24) is 0 Å². The molecule has 2 aromatic rings. The van der Waals surface area contributed by atoms with Crippen LogP contribution in [0.15, 0.2) is 59.6 Å². The smallest absolute Gasteiger partial charge is 0.0585 e. The van der Waals surface area contributed by atoms with E-state index in [1.165, 1.54) is 16.7 Å². The van der Waals surface area contributed by atoms with Crippen molar-refractivity contribution in [3.05, 3.63) is 71.3 Å². The summed E-state index contributed by atoms with van der Waals surface area (Å²) in [7, 11) is 0. The molecule has 0 saturated carbocycles. The summed E-state index contributed by atoms with van der Waals surface area (Å²) in [5.41, 5.74) is 4.07. The van der Waals surface area contributed by atoms with Crippen molar-refractivity contribution in [3.8, 4) is 0 Å². The summed E-state index contributed by atoms with van der Waals surface area (Å²) in [4.78, 5) is 3.93. The lowest BCUT2D eigenvalue weighted by Crippen LogP contribution is -1.93. The molecule has 0 unspecified atom stereocenters. The molecule has 0 aromatic heterocycles. The van der Waals surface area contributed by atoms with Gasteiger partial charge in [-0.15, -0.1) is 0 Å². The molecule has 96 valence electrons. The summed E-state index contributed by atoms with van der Waals surface area (Å²) in [6.07, 6.45) is 3.11. The Morgan fingerprint density at radius 3 is 1.84 bits per heavy atom. The minimum atomic E-state index is 0.729. The van der Waals surface area contributed by atoms with E-state index in [1.54, 1.807) is 0 Å². The summed E-state index contributed by atoms with van der Waals surface area (Å²) >= 11 is 4.55. The van der Waals surface area contributed by atoms with Gasteiger partial charge >= 0.3 is 0 Å². The number of isothiocyanates is 1. The predicted molar refractivity (Wildman–Crippen MR) is 83.9 cm³/mol. The Morgan fingerprint density at radius 2 is 1.26 bits per heavy atom. The van der Waals surface area contributed by atoms with Crippen molar-refractivity contribution in [3.63, 3.8) is 0 Å². The molecule has 0 saturated heterocycles. The third-order valence-corrected chi connectivity index (χ3v) is 3.27. The lowest BCUT2D eigenvalue weighted by molar-refractivity contribution is 0.947. The molecular formula is C17H17NS. The van der Waals surface area contributed by atoms with Gasteiger partial charge < -0.3 is 0 Å². The van der Waals surface area contributed by atoms with Crippen LogP contribution in [0.3, 0.4) is 0 Å². The van der Waals surface area contributed by atoms with Crippen molar-refractivity contribution < 1.29 is 0 Å². The number of hydrogen-bond acceptors (Lipinski definition) is 2. The van der Waals surface area contributed by atoms with Crippen molar-refractivity contribution in [2.45, 2.75) is 19.3 Å². The lowest BCUT2D eigenvalue weighted by Gasteiger charge is -2.04. The summed E-state index contributed by atoms with van der Waals surface area (Å²) in [6.45, 7) is 0.729. The van der Waals surface area contributed by atoms with Crippen molar-refractivity contribution in [2.24, 2.45) is 4.99 Å². The Morgan fingerprint density at radius 1 is 0.737 bits per heavy atom. The summed E-state index contributed by atoms with van der Waals surface area (Å²) < 4.78 is 0. The number of thiocarbonyl (C=S) groups is 1. The Hall–Kier alpha value is -1.76. The fraction of sp³-hybridized carbons (Fsp3) is 0.235. The first kappa shape index (κ1) is 13.7. The second kappa shape index (κ2) is 7.63. The number of aryl methyl sites for hydroxylation is 2. The van der Waals surface area contributed by atoms with Gasteiger partial charge in [0.05, 0.1) is 11.7 Å². The zero-order valence-corrected chi connectivity index (χ0v) is 11.7. The minimum Gasteiger partial charge on any atom is -0.232 e. The van der Waals surface area contributed by atoms with Crippen molar-refractivity contribution >= 4 is 17.4 Å². The fourth-order valence-electron chi connectivity index (χ4n) is 2.04. The summed E-state index contributed by atoms with van der Waals surface area (Å²) in [6, 6.07) is 19.4. The van der Waals surface area contributed by atoms with Gasteiger partial charge in [0.15, 0.2) is 0 Å². The van der Waals surface area contributed by atoms with Crippen molar-refractivity contribution in [2.75, 3.05) is 6.54 Å². The van der Waals surface area contributed by atoms with Crippen LogP contribution in [-0.2, 0) is 19.3 Å². The van der Waals surface area contributed by atoms with E-state index in [4.69, 9.17) is 0 Å². The average Bonchev–Trinajstić information content (AvgIpc) is 2.48. The molecule has 0 amide bonds. The van der Waals surface area contributed by atoms with Gasteiger partial charge in [0.1, 0.15) is 0 Å². The normalized spacial score (nSPS) is 9.89. The number of aliphatic imine (C=N–C) groups is 1. The van der Waals surface area contributed by atoms with Crippen LogP contribution in [0.25, 0.3) is 0 Å². The van der Waals surface area contributed by atoms with E-state index >= 15 is 0 Å². The Kier molecular flexibility index (Phi) is 5.49. The zero-order valence-electron chi connectivity index (χ0n) is 10.9. The maximum absolute atomic E-state index is 4.55. The quantitative estimate of drug-likeness (QED) is 0.566. The van der Waals surface area contributed by atoms with Gasteiger partial charge in [0, 0.05) is 0 Å². The molecule has 2 aromatic carbocycles. The molecule has 0 heterocycles. The van der Waals surface area contributed by atoms with Crippen LogP contribution in [0.4, 0.5) is 0 Å². The maximum Gasteiger partial charge on any atom is 0.0585 e. The Labute approximate surface area is 120 Å². The molecular weight excluding hydrogens is 250 g/mol. The molecule has 0 atom stereocenters.